The maximum absolute atomic E-state index is 13.5. The van der Waals surface area contributed by atoms with Crippen molar-refractivity contribution in [2.75, 3.05) is 31.5 Å². The van der Waals surface area contributed by atoms with Crippen LogP contribution < -0.4 is 10.0 Å². The van der Waals surface area contributed by atoms with Gasteiger partial charge in [-0.05, 0) is 94.5 Å². The highest BCUT2D eigenvalue weighted by molar-refractivity contribution is 7.90. The third kappa shape index (κ3) is 9.31. The van der Waals surface area contributed by atoms with Gasteiger partial charge in [-0.3, -0.25) is 14.4 Å². The summed E-state index contributed by atoms with van der Waals surface area (Å²) in [5.41, 5.74) is 0.580. The quantitative estimate of drug-likeness (QED) is 0.292. The molecule has 0 radical (unpaired) electrons. The Balaban J connectivity index is 1.42. The average molecular weight is 665 g/mol. The van der Waals surface area contributed by atoms with Crippen LogP contribution in [0.25, 0.3) is 10.8 Å². The molecule has 12 heteroatoms. The summed E-state index contributed by atoms with van der Waals surface area (Å²) in [6.45, 7) is 10.6. The fraction of sp³-hybridized carbons (Fsp3) is 0.429. The fourth-order valence-corrected chi connectivity index (χ4v) is 6.55. The minimum Gasteiger partial charge on any atom is -0.444 e. The monoisotopic (exact) mass is 664 g/mol. The van der Waals surface area contributed by atoms with Gasteiger partial charge in [0.2, 0.25) is 17.7 Å². The Morgan fingerprint density at radius 1 is 0.915 bits per heavy atom. The number of fused-ring (bicyclic) bond motifs is 1. The number of sulfonamides is 1. The van der Waals surface area contributed by atoms with E-state index in [1.165, 1.54) is 17.0 Å². The van der Waals surface area contributed by atoms with Crippen LogP contribution in [0.15, 0.2) is 71.6 Å². The van der Waals surface area contributed by atoms with Gasteiger partial charge in [0.1, 0.15) is 11.5 Å². The first-order valence-corrected chi connectivity index (χ1v) is 17.4. The molecule has 2 N–H and O–H groups in total. The van der Waals surface area contributed by atoms with E-state index in [-0.39, 0.29) is 29.2 Å². The minimum absolute atomic E-state index is 0.0360. The van der Waals surface area contributed by atoms with Gasteiger partial charge in [0, 0.05) is 37.8 Å². The second-order valence-corrected chi connectivity index (χ2v) is 14.4. The molecular formula is C35H44N4O7S. The maximum Gasteiger partial charge on any atom is 0.410 e. The second kappa shape index (κ2) is 15.0. The van der Waals surface area contributed by atoms with E-state index in [2.05, 4.69) is 10.0 Å². The summed E-state index contributed by atoms with van der Waals surface area (Å²) < 4.78 is 34.0. The molecule has 4 rings (SSSR count). The Morgan fingerprint density at radius 2 is 1.53 bits per heavy atom. The number of carbonyl (C=O) groups excluding carboxylic acids is 4. The zero-order valence-corrected chi connectivity index (χ0v) is 28.4. The molecule has 4 amide bonds. The predicted octanol–water partition coefficient (Wildman–Crippen LogP) is 4.96. The summed E-state index contributed by atoms with van der Waals surface area (Å²) >= 11 is 0. The lowest BCUT2D eigenvalue weighted by Gasteiger charge is -2.32. The standard InChI is InChI=1S/C35H44N4O7S/c1-6-38(7-2)33(42)30(32(41)37-47(44,45)29-17-14-25-10-8-9-11-27(25)23-29)22-24-12-15-28(16-13-24)36-31(40)26-18-20-39(21-19-26)34(43)46-35(3,4)5/h8-17,23,26,30H,6-7,18-22H2,1-5H3,(H,36,40)(H,37,41). The third-order valence-corrected chi connectivity index (χ3v) is 9.48. The van der Waals surface area contributed by atoms with Crippen molar-refractivity contribution in [3.05, 3.63) is 72.3 Å². The summed E-state index contributed by atoms with van der Waals surface area (Å²) in [7, 11) is -4.25. The van der Waals surface area contributed by atoms with Crippen molar-refractivity contribution in [1.82, 2.24) is 14.5 Å². The molecule has 0 aromatic heterocycles. The SMILES string of the molecule is CCN(CC)C(=O)C(Cc1ccc(NC(=O)C2CCN(C(=O)OC(C)(C)C)CC2)cc1)C(=O)NS(=O)(=O)c1ccc2ccccc2c1. The summed E-state index contributed by atoms with van der Waals surface area (Å²) in [5, 5.41) is 4.47. The molecule has 1 aliphatic rings. The number of amides is 4. The highest BCUT2D eigenvalue weighted by Crippen LogP contribution is 2.23. The van der Waals surface area contributed by atoms with Gasteiger partial charge in [-0.25, -0.2) is 17.9 Å². The number of hydrogen-bond acceptors (Lipinski definition) is 7. The zero-order chi connectivity index (χ0) is 34.4. The molecule has 1 unspecified atom stereocenters. The molecule has 0 aliphatic carbocycles. The number of carbonyl (C=O) groups is 4. The van der Waals surface area contributed by atoms with Crippen LogP contribution in [0.2, 0.25) is 0 Å². The highest BCUT2D eigenvalue weighted by atomic mass is 32.2. The lowest BCUT2D eigenvalue weighted by molar-refractivity contribution is -0.141. The molecule has 1 saturated heterocycles. The summed E-state index contributed by atoms with van der Waals surface area (Å²) in [6.07, 6.45) is 0.598. The van der Waals surface area contributed by atoms with E-state index in [1.807, 2.05) is 32.9 Å². The first kappa shape index (κ1) is 35.4. The number of likely N-dealkylation sites (tertiary alicyclic amines) is 1. The topological polar surface area (TPSA) is 142 Å². The van der Waals surface area contributed by atoms with Crippen LogP contribution in [0.4, 0.5) is 10.5 Å². The van der Waals surface area contributed by atoms with Crippen LogP contribution in [-0.4, -0.2) is 73.8 Å². The number of benzene rings is 3. The Labute approximate surface area is 276 Å². The first-order chi connectivity index (χ1) is 22.2. The molecule has 252 valence electrons. The summed E-state index contributed by atoms with van der Waals surface area (Å²) in [6, 6.07) is 18.6. The predicted molar refractivity (Wildman–Crippen MR) is 180 cm³/mol. The lowest BCUT2D eigenvalue weighted by Crippen LogP contribution is -2.46. The molecule has 1 heterocycles. The van der Waals surface area contributed by atoms with Crippen LogP contribution in [0, 0.1) is 11.8 Å². The first-order valence-electron chi connectivity index (χ1n) is 15.9. The van der Waals surface area contributed by atoms with Crippen molar-refractivity contribution >= 4 is 50.3 Å². The van der Waals surface area contributed by atoms with Crippen molar-refractivity contribution in [3.63, 3.8) is 0 Å². The molecular weight excluding hydrogens is 620 g/mol. The van der Waals surface area contributed by atoms with E-state index >= 15 is 0 Å². The van der Waals surface area contributed by atoms with Crippen molar-refractivity contribution in [2.45, 2.75) is 64.4 Å². The third-order valence-electron chi connectivity index (χ3n) is 8.13. The maximum atomic E-state index is 13.5. The number of rotatable bonds is 10. The van der Waals surface area contributed by atoms with Crippen LogP contribution >= 0.6 is 0 Å². The lowest BCUT2D eigenvalue weighted by atomic mass is 9.95. The number of nitrogens with zero attached hydrogens (tertiary/aromatic N) is 2. The van der Waals surface area contributed by atoms with Crippen molar-refractivity contribution < 1.29 is 32.3 Å². The Morgan fingerprint density at radius 3 is 2.13 bits per heavy atom. The Kier molecular flexibility index (Phi) is 11.3. The smallest absolute Gasteiger partial charge is 0.410 e. The van der Waals surface area contributed by atoms with Gasteiger partial charge >= 0.3 is 6.09 Å². The number of anilines is 1. The van der Waals surface area contributed by atoms with Gasteiger partial charge in [0.15, 0.2) is 0 Å². The van der Waals surface area contributed by atoms with E-state index in [0.717, 1.165) is 5.39 Å². The molecule has 0 bridgehead atoms. The fourth-order valence-electron chi connectivity index (χ4n) is 5.50. The number of nitrogens with one attached hydrogen (secondary N) is 2. The van der Waals surface area contributed by atoms with Crippen molar-refractivity contribution in [2.24, 2.45) is 11.8 Å². The molecule has 3 aromatic carbocycles. The van der Waals surface area contributed by atoms with Crippen LogP contribution in [0.3, 0.4) is 0 Å². The largest absolute Gasteiger partial charge is 0.444 e. The van der Waals surface area contributed by atoms with Gasteiger partial charge in [-0.2, -0.15) is 0 Å². The van der Waals surface area contributed by atoms with Crippen molar-refractivity contribution in [3.8, 4) is 0 Å². The van der Waals surface area contributed by atoms with Gasteiger partial charge < -0.3 is 19.9 Å². The van der Waals surface area contributed by atoms with Crippen molar-refractivity contribution in [1.29, 1.82) is 0 Å². The van der Waals surface area contributed by atoms with Gasteiger partial charge in [0.25, 0.3) is 10.0 Å². The Hall–Kier alpha value is -4.45. The zero-order valence-electron chi connectivity index (χ0n) is 27.6. The van der Waals surface area contributed by atoms with Crippen LogP contribution in [0.5, 0.6) is 0 Å². The summed E-state index contributed by atoms with van der Waals surface area (Å²) in [5.74, 6) is -3.10. The van der Waals surface area contributed by atoms with E-state index in [1.54, 1.807) is 61.2 Å². The molecule has 47 heavy (non-hydrogen) atoms. The van der Waals surface area contributed by atoms with E-state index < -0.39 is 33.4 Å². The van der Waals surface area contributed by atoms with E-state index in [4.69, 9.17) is 4.74 Å². The normalized spacial score (nSPS) is 14.7. The van der Waals surface area contributed by atoms with Gasteiger partial charge in [-0.15, -0.1) is 0 Å². The Bertz CT molecular complexity index is 1710. The van der Waals surface area contributed by atoms with Crippen LogP contribution in [-0.2, 0) is 35.6 Å². The number of piperidine rings is 1. The van der Waals surface area contributed by atoms with Crippen LogP contribution in [0.1, 0.15) is 53.0 Å². The van der Waals surface area contributed by atoms with Gasteiger partial charge in [-0.1, -0.05) is 42.5 Å². The number of ether oxygens (including phenoxy) is 1. The molecule has 1 fully saturated rings. The molecule has 11 nitrogen and oxygen atoms in total. The molecule has 1 atom stereocenters. The van der Waals surface area contributed by atoms with Gasteiger partial charge in [0.05, 0.1) is 4.90 Å². The average Bonchev–Trinajstić information content (AvgIpc) is 3.03. The minimum atomic E-state index is -4.25. The second-order valence-electron chi connectivity index (χ2n) is 12.7. The molecule has 1 aliphatic heterocycles. The molecule has 0 saturated carbocycles. The van der Waals surface area contributed by atoms with E-state index in [9.17, 15) is 27.6 Å². The summed E-state index contributed by atoms with van der Waals surface area (Å²) in [4.78, 5) is 55.3. The number of hydrogen-bond donors (Lipinski definition) is 2. The highest BCUT2D eigenvalue weighted by Gasteiger charge is 2.33. The molecule has 0 spiro atoms. The molecule has 3 aromatic rings. The van der Waals surface area contributed by atoms with E-state index in [0.29, 0.717) is 55.7 Å².